The molecule has 1 atom stereocenters. The number of aromatic nitrogens is 1. The van der Waals surface area contributed by atoms with Gasteiger partial charge in [-0.25, -0.2) is 0 Å². The number of nitrogens with zero attached hydrogens (tertiary/aromatic N) is 1. The van der Waals surface area contributed by atoms with Gasteiger partial charge in [-0.15, -0.1) is 0 Å². The number of benzene rings is 6. The first-order valence-corrected chi connectivity index (χ1v) is 15.1. The lowest BCUT2D eigenvalue weighted by Crippen LogP contribution is -1.98. The van der Waals surface area contributed by atoms with Gasteiger partial charge in [0, 0.05) is 18.0 Å². The molecular formula is C42H31N. The average molecular weight is 550 g/mol. The minimum absolute atomic E-state index is 0.577. The highest BCUT2D eigenvalue weighted by molar-refractivity contribution is 6.22. The van der Waals surface area contributed by atoms with Crippen molar-refractivity contribution in [2.45, 2.75) is 13.3 Å². The molecule has 0 amide bonds. The number of hydrogen-bond acceptors (Lipinski definition) is 1. The molecule has 1 aliphatic rings. The van der Waals surface area contributed by atoms with E-state index in [2.05, 4.69) is 151 Å². The average Bonchev–Trinajstić information content (AvgIpc) is 3.08. The van der Waals surface area contributed by atoms with Gasteiger partial charge in [0.25, 0.3) is 0 Å². The van der Waals surface area contributed by atoms with E-state index in [-0.39, 0.29) is 0 Å². The lowest BCUT2D eigenvalue weighted by molar-refractivity contribution is 0.739. The predicted octanol–water partition coefficient (Wildman–Crippen LogP) is 11.5. The van der Waals surface area contributed by atoms with Crippen molar-refractivity contribution in [2.24, 2.45) is 5.92 Å². The van der Waals surface area contributed by atoms with E-state index in [4.69, 9.17) is 0 Å². The zero-order chi connectivity index (χ0) is 28.8. The Bertz CT molecular complexity index is 2160. The van der Waals surface area contributed by atoms with E-state index in [1.165, 1.54) is 71.3 Å². The molecule has 204 valence electrons. The molecule has 7 aromatic rings. The highest BCUT2D eigenvalue weighted by Crippen LogP contribution is 2.46. The third kappa shape index (κ3) is 4.28. The molecule has 1 heterocycles. The molecule has 1 aliphatic carbocycles. The lowest BCUT2D eigenvalue weighted by atomic mass is 9.82. The van der Waals surface area contributed by atoms with Crippen LogP contribution in [-0.2, 0) is 0 Å². The van der Waals surface area contributed by atoms with Gasteiger partial charge in [0.2, 0.25) is 0 Å². The third-order valence-electron chi connectivity index (χ3n) is 8.92. The second-order valence-corrected chi connectivity index (χ2v) is 11.6. The number of rotatable bonds is 4. The van der Waals surface area contributed by atoms with Gasteiger partial charge < -0.3 is 0 Å². The van der Waals surface area contributed by atoms with Gasteiger partial charge >= 0.3 is 0 Å². The fourth-order valence-electron chi connectivity index (χ4n) is 6.87. The molecule has 1 nitrogen and oxygen atoms in total. The zero-order valence-corrected chi connectivity index (χ0v) is 24.2. The summed E-state index contributed by atoms with van der Waals surface area (Å²) in [4.78, 5) is 4.56. The Hall–Kier alpha value is -5.27. The molecule has 8 rings (SSSR count). The molecule has 0 N–H and O–H groups in total. The summed E-state index contributed by atoms with van der Waals surface area (Å²) in [6.07, 6.45) is 12.1. The number of hydrogen-bond donors (Lipinski definition) is 0. The largest absolute Gasteiger partial charge is 0.264 e. The van der Waals surface area contributed by atoms with Crippen LogP contribution in [0.2, 0.25) is 0 Å². The van der Waals surface area contributed by atoms with Crippen LogP contribution in [0, 0.1) is 5.92 Å². The van der Waals surface area contributed by atoms with Crippen LogP contribution in [0.1, 0.15) is 18.9 Å². The van der Waals surface area contributed by atoms with Crippen LogP contribution in [0.15, 0.2) is 152 Å². The summed E-state index contributed by atoms with van der Waals surface area (Å²) in [5.74, 6) is 0.577. The van der Waals surface area contributed by atoms with Gasteiger partial charge in [-0.1, -0.05) is 140 Å². The van der Waals surface area contributed by atoms with Crippen molar-refractivity contribution >= 4 is 37.9 Å². The number of allylic oxidation sites excluding steroid dienone is 4. The van der Waals surface area contributed by atoms with Crippen molar-refractivity contribution < 1.29 is 0 Å². The Balaban J connectivity index is 1.42. The topological polar surface area (TPSA) is 12.9 Å². The van der Waals surface area contributed by atoms with E-state index < -0.39 is 0 Å². The van der Waals surface area contributed by atoms with Gasteiger partial charge in [0.15, 0.2) is 0 Å². The molecule has 0 saturated heterocycles. The molecule has 0 bridgehead atoms. The van der Waals surface area contributed by atoms with Crippen molar-refractivity contribution in [1.29, 1.82) is 0 Å². The molecule has 1 unspecified atom stereocenters. The first-order valence-electron chi connectivity index (χ1n) is 15.1. The molecule has 6 aromatic carbocycles. The van der Waals surface area contributed by atoms with E-state index in [0.717, 1.165) is 12.0 Å². The van der Waals surface area contributed by atoms with Crippen LogP contribution in [0.4, 0.5) is 0 Å². The molecule has 0 saturated carbocycles. The second-order valence-electron chi connectivity index (χ2n) is 11.6. The van der Waals surface area contributed by atoms with Gasteiger partial charge in [0.1, 0.15) is 0 Å². The lowest BCUT2D eigenvalue weighted by Gasteiger charge is -2.21. The number of pyridine rings is 1. The third-order valence-corrected chi connectivity index (χ3v) is 8.92. The maximum atomic E-state index is 4.56. The Labute approximate surface area is 252 Å². The number of fused-ring (bicyclic) bond motifs is 3. The van der Waals surface area contributed by atoms with Crippen LogP contribution in [0.3, 0.4) is 0 Å². The smallest absolute Gasteiger partial charge is 0.0352 e. The maximum Gasteiger partial charge on any atom is 0.0352 e. The summed E-state index contributed by atoms with van der Waals surface area (Å²) in [6, 6.07) is 44.1. The van der Waals surface area contributed by atoms with E-state index >= 15 is 0 Å². The van der Waals surface area contributed by atoms with Gasteiger partial charge in [0.05, 0.1) is 0 Å². The molecular weight excluding hydrogens is 518 g/mol. The Morgan fingerprint density at radius 2 is 1.07 bits per heavy atom. The van der Waals surface area contributed by atoms with Crippen molar-refractivity contribution in [3.05, 3.63) is 158 Å². The first-order chi connectivity index (χ1) is 21.3. The van der Waals surface area contributed by atoms with Crippen LogP contribution < -0.4 is 0 Å². The van der Waals surface area contributed by atoms with E-state index in [0.29, 0.717) is 5.92 Å². The van der Waals surface area contributed by atoms with Crippen molar-refractivity contribution in [1.82, 2.24) is 4.98 Å². The van der Waals surface area contributed by atoms with Crippen LogP contribution in [-0.4, -0.2) is 4.98 Å². The summed E-state index contributed by atoms with van der Waals surface area (Å²) < 4.78 is 0. The van der Waals surface area contributed by atoms with E-state index in [1.54, 1.807) is 0 Å². The highest BCUT2D eigenvalue weighted by Gasteiger charge is 2.20. The molecule has 1 aromatic heterocycles. The van der Waals surface area contributed by atoms with Crippen molar-refractivity contribution in [2.75, 3.05) is 0 Å². The van der Waals surface area contributed by atoms with Crippen LogP contribution >= 0.6 is 0 Å². The van der Waals surface area contributed by atoms with Crippen LogP contribution in [0.5, 0.6) is 0 Å². The highest BCUT2D eigenvalue weighted by atomic mass is 14.6. The van der Waals surface area contributed by atoms with Crippen LogP contribution in [0.25, 0.3) is 71.3 Å². The summed E-state index contributed by atoms with van der Waals surface area (Å²) in [5, 5.41) is 7.65. The predicted molar refractivity (Wildman–Crippen MR) is 184 cm³/mol. The summed E-state index contributed by atoms with van der Waals surface area (Å²) in [5.41, 5.74) is 9.93. The molecule has 1 heteroatoms. The Morgan fingerprint density at radius 1 is 0.512 bits per heavy atom. The van der Waals surface area contributed by atoms with Crippen molar-refractivity contribution in [3.8, 4) is 33.4 Å². The summed E-state index contributed by atoms with van der Waals surface area (Å²) in [6.45, 7) is 2.28. The molecule has 0 fully saturated rings. The Morgan fingerprint density at radius 3 is 1.70 bits per heavy atom. The van der Waals surface area contributed by atoms with Gasteiger partial charge in [-0.3, -0.25) is 4.98 Å². The molecule has 0 spiro atoms. The SMILES string of the molecule is CC1C=CC(c2c3ccccc3c(-c3ccc(-c4cnccc4-c4ccccc4)c4ccccc34)c3ccccc23)=CC1. The van der Waals surface area contributed by atoms with Gasteiger partial charge in [-0.2, -0.15) is 0 Å². The molecule has 43 heavy (non-hydrogen) atoms. The standard InChI is InChI=1S/C42H31N/c1-28-19-21-30(22-20-28)41-35-15-7-9-17-37(35)42(38-18-10-8-16-36(38)41)39-24-23-34(32-13-5-6-14-33(32)39)40-27-43-26-25-31(40)29-11-3-2-4-12-29/h2-19,21-28H,20H2,1H3. The minimum Gasteiger partial charge on any atom is -0.264 e. The zero-order valence-electron chi connectivity index (χ0n) is 24.2. The van der Waals surface area contributed by atoms with Gasteiger partial charge in [-0.05, 0) is 89.7 Å². The fourth-order valence-corrected chi connectivity index (χ4v) is 6.87. The quantitative estimate of drug-likeness (QED) is 0.199. The maximum absolute atomic E-state index is 4.56. The van der Waals surface area contributed by atoms with Crippen molar-refractivity contribution in [3.63, 3.8) is 0 Å². The van der Waals surface area contributed by atoms with E-state index in [1.807, 2.05) is 12.4 Å². The first kappa shape index (κ1) is 25.4. The molecule has 0 aliphatic heterocycles. The summed E-state index contributed by atoms with van der Waals surface area (Å²) in [7, 11) is 0. The van der Waals surface area contributed by atoms with E-state index in [9.17, 15) is 0 Å². The Kier molecular flexibility index (Phi) is 6.23. The molecule has 0 radical (unpaired) electrons. The second kappa shape index (κ2) is 10.5. The fraction of sp³-hybridized carbons (Fsp3) is 0.0714. The normalized spacial score (nSPS) is 14.8. The monoisotopic (exact) mass is 549 g/mol. The summed E-state index contributed by atoms with van der Waals surface area (Å²) >= 11 is 0. The minimum atomic E-state index is 0.577.